The summed E-state index contributed by atoms with van der Waals surface area (Å²) in [5.41, 5.74) is 0.283. The lowest BCUT2D eigenvalue weighted by atomic mass is 10.3. The highest BCUT2D eigenvalue weighted by Crippen LogP contribution is 2.18. The Morgan fingerprint density at radius 3 is 1.94 bits per heavy atom. The number of hydrogen-bond donors (Lipinski definition) is 1. The van der Waals surface area contributed by atoms with Crippen LogP contribution in [0.2, 0.25) is 0 Å². The number of benzene rings is 1. The maximum absolute atomic E-state index is 11.1. The highest BCUT2D eigenvalue weighted by Gasteiger charge is 2.06. The number of esters is 1. The van der Waals surface area contributed by atoms with Crippen LogP contribution in [0.15, 0.2) is 36.4 Å². The zero-order valence-electron chi connectivity index (χ0n) is 8.60. The molecule has 84 valence electrons. The first-order chi connectivity index (χ1) is 7.49. The molecule has 0 unspecified atom stereocenters. The van der Waals surface area contributed by atoms with Gasteiger partial charge in [-0.15, -0.1) is 0 Å². The van der Waals surface area contributed by atoms with Crippen LogP contribution in [0, 0.1) is 0 Å². The van der Waals surface area contributed by atoms with Crippen molar-refractivity contribution in [3.63, 3.8) is 0 Å². The number of rotatable bonds is 3. The van der Waals surface area contributed by atoms with Crippen LogP contribution < -0.4 is 9.47 Å². The fourth-order valence-electron chi connectivity index (χ4n) is 0.871. The molecule has 0 radical (unpaired) electrons. The summed E-state index contributed by atoms with van der Waals surface area (Å²) in [7, 11) is 0. The van der Waals surface area contributed by atoms with E-state index in [2.05, 4.69) is 11.3 Å². The summed E-state index contributed by atoms with van der Waals surface area (Å²) in [6.45, 7) is 4.96. The van der Waals surface area contributed by atoms with E-state index in [4.69, 9.17) is 9.84 Å². The van der Waals surface area contributed by atoms with Crippen LogP contribution in [0.25, 0.3) is 0 Å². The minimum Gasteiger partial charge on any atom is -0.449 e. The number of carbonyl (C=O) groups is 2. The van der Waals surface area contributed by atoms with Crippen LogP contribution >= 0.6 is 0 Å². The third kappa shape index (κ3) is 3.45. The fraction of sp³-hybridized carbons (Fsp3) is 0.0909. The van der Waals surface area contributed by atoms with Gasteiger partial charge in [0.2, 0.25) is 0 Å². The third-order valence-corrected chi connectivity index (χ3v) is 1.59. The molecule has 0 aliphatic heterocycles. The summed E-state index contributed by atoms with van der Waals surface area (Å²) in [6.07, 6.45) is -1.40. The molecule has 5 heteroatoms. The molecule has 0 aliphatic carbocycles. The summed E-state index contributed by atoms with van der Waals surface area (Å²) in [4.78, 5) is 21.3. The Morgan fingerprint density at radius 1 is 1.12 bits per heavy atom. The van der Waals surface area contributed by atoms with Gasteiger partial charge < -0.3 is 14.6 Å². The van der Waals surface area contributed by atoms with Crippen molar-refractivity contribution < 1.29 is 24.2 Å². The number of ether oxygens (including phenoxy) is 2. The highest BCUT2D eigenvalue weighted by molar-refractivity contribution is 5.88. The van der Waals surface area contributed by atoms with E-state index in [0.29, 0.717) is 5.75 Å². The smallest absolute Gasteiger partial charge is 0.449 e. The molecule has 0 heterocycles. The average Bonchev–Trinajstić information content (AvgIpc) is 2.20. The first-order valence-electron chi connectivity index (χ1n) is 4.37. The van der Waals surface area contributed by atoms with Gasteiger partial charge in [-0.1, -0.05) is 6.58 Å². The Morgan fingerprint density at radius 2 is 1.56 bits per heavy atom. The molecule has 0 fully saturated rings. The highest BCUT2D eigenvalue weighted by atomic mass is 16.7. The normalized spacial score (nSPS) is 9.31. The van der Waals surface area contributed by atoms with Crippen molar-refractivity contribution in [2.75, 3.05) is 0 Å². The zero-order chi connectivity index (χ0) is 12.1. The topological polar surface area (TPSA) is 72.8 Å². The largest absolute Gasteiger partial charge is 0.511 e. The van der Waals surface area contributed by atoms with E-state index in [1.165, 1.54) is 31.2 Å². The second-order valence-electron chi connectivity index (χ2n) is 3.01. The van der Waals surface area contributed by atoms with Crippen molar-refractivity contribution in [1.29, 1.82) is 0 Å². The molecule has 16 heavy (non-hydrogen) atoms. The minimum atomic E-state index is -1.40. The molecule has 0 atom stereocenters. The fourth-order valence-corrected chi connectivity index (χ4v) is 0.871. The summed E-state index contributed by atoms with van der Waals surface area (Å²) in [6, 6.07) is 5.63. The summed E-state index contributed by atoms with van der Waals surface area (Å²) < 4.78 is 9.27. The van der Waals surface area contributed by atoms with Crippen LogP contribution in [-0.4, -0.2) is 17.2 Å². The summed E-state index contributed by atoms with van der Waals surface area (Å²) in [5, 5.41) is 8.34. The van der Waals surface area contributed by atoms with E-state index in [-0.39, 0.29) is 11.3 Å². The molecular weight excluding hydrogens is 212 g/mol. The molecule has 0 spiro atoms. The van der Waals surface area contributed by atoms with Gasteiger partial charge in [-0.05, 0) is 31.2 Å². The summed E-state index contributed by atoms with van der Waals surface area (Å²) >= 11 is 0. The number of carboxylic acid groups (broad SMARTS) is 1. The second kappa shape index (κ2) is 4.97. The minimum absolute atomic E-state index is 0.155. The maximum atomic E-state index is 11.1. The second-order valence-corrected chi connectivity index (χ2v) is 3.01. The van der Waals surface area contributed by atoms with E-state index in [0.717, 1.165) is 0 Å². The first-order valence-corrected chi connectivity index (χ1v) is 4.37. The van der Waals surface area contributed by atoms with Crippen LogP contribution in [0.3, 0.4) is 0 Å². The van der Waals surface area contributed by atoms with Crippen molar-refractivity contribution in [2.24, 2.45) is 0 Å². The predicted octanol–water partition coefficient (Wildman–Crippen LogP) is 2.22. The Labute approximate surface area is 91.9 Å². The van der Waals surface area contributed by atoms with Gasteiger partial charge in [-0.3, -0.25) is 0 Å². The average molecular weight is 222 g/mol. The van der Waals surface area contributed by atoms with Crippen molar-refractivity contribution in [2.45, 2.75) is 6.92 Å². The van der Waals surface area contributed by atoms with Crippen molar-refractivity contribution in [1.82, 2.24) is 0 Å². The van der Waals surface area contributed by atoms with Gasteiger partial charge in [0.25, 0.3) is 0 Å². The molecule has 0 saturated heterocycles. The SMILES string of the molecule is C=C(C)C(=O)Oc1ccc(OC(=O)O)cc1. The Kier molecular flexibility index (Phi) is 3.66. The van der Waals surface area contributed by atoms with Gasteiger partial charge in [0, 0.05) is 5.57 Å². The van der Waals surface area contributed by atoms with E-state index < -0.39 is 12.1 Å². The van der Waals surface area contributed by atoms with E-state index >= 15 is 0 Å². The van der Waals surface area contributed by atoms with E-state index in [1.54, 1.807) is 0 Å². The Bertz CT molecular complexity index is 419. The van der Waals surface area contributed by atoms with Gasteiger partial charge in [0.15, 0.2) is 0 Å². The van der Waals surface area contributed by atoms with Crippen molar-refractivity contribution in [3.05, 3.63) is 36.4 Å². The van der Waals surface area contributed by atoms with Gasteiger partial charge in [-0.2, -0.15) is 0 Å². The lowest BCUT2D eigenvalue weighted by molar-refractivity contribution is -0.130. The predicted molar refractivity (Wildman–Crippen MR) is 55.5 cm³/mol. The molecule has 5 nitrogen and oxygen atoms in total. The molecule has 0 amide bonds. The first kappa shape index (κ1) is 11.8. The molecule has 0 aromatic heterocycles. The lowest BCUT2D eigenvalue weighted by Crippen LogP contribution is -2.08. The molecule has 0 bridgehead atoms. The van der Waals surface area contributed by atoms with E-state index in [1.807, 2.05) is 0 Å². The van der Waals surface area contributed by atoms with Gasteiger partial charge in [-0.25, -0.2) is 9.59 Å². The molecule has 0 aliphatic rings. The zero-order valence-corrected chi connectivity index (χ0v) is 8.60. The van der Waals surface area contributed by atoms with Crippen LogP contribution in [0.1, 0.15) is 6.92 Å². The monoisotopic (exact) mass is 222 g/mol. The van der Waals surface area contributed by atoms with Crippen molar-refractivity contribution in [3.8, 4) is 11.5 Å². The molecule has 0 saturated carbocycles. The Balaban J connectivity index is 2.68. The number of carbonyl (C=O) groups excluding carboxylic acids is 1. The van der Waals surface area contributed by atoms with Crippen LogP contribution in [0.5, 0.6) is 11.5 Å². The van der Waals surface area contributed by atoms with Crippen LogP contribution in [0.4, 0.5) is 4.79 Å². The van der Waals surface area contributed by atoms with Crippen molar-refractivity contribution >= 4 is 12.1 Å². The van der Waals surface area contributed by atoms with Crippen LogP contribution in [-0.2, 0) is 4.79 Å². The standard InChI is InChI=1S/C11H10O5/c1-7(2)10(12)15-8-3-5-9(6-4-8)16-11(13)14/h3-6H,1H2,2H3,(H,13,14). The third-order valence-electron chi connectivity index (χ3n) is 1.59. The number of hydrogen-bond acceptors (Lipinski definition) is 4. The van der Waals surface area contributed by atoms with Gasteiger partial charge >= 0.3 is 12.1 Å². The molecule has 1 rings (SSSR count). The quantitative estimate of drug-likeness (QED) is 0.367. The molecule has 1 aromatic rings. The molecule has 1 N–H and O–H groups in total. The van der Waals surface area contributed by atoms with Gasteiger partial charge in [0.05, 0.1) is 0 Å². The molecular formula is C11H10O5. The molecule has 1 aromatic carbocycles. The Hall–Kier alpha value is -2.30. The summed E-state index contributed by atoms with van der Waals surface area (Å²) in [5.74, 6) is -0.0831. The lowest BCUT2D eigenvalue weighted by Gasteiger charge is -2.04. The maximum Gasteiger partial charge on any atom is 0.511 e. The van der Waals surface area contributed by atoms with Gasteiger partial charge in [0.1, 0.15) is 11.5 Å². The van der Waals surface area contributed by atoms with E-state index in [9.17, 15) is 9.59 Å².